The Morgan fingerprint density at radius 1 is 0.873 bits per heavy atom. The largest absolute Gasteiger partial charge is 0.493 e. The average Bonchev–Trinajstić information content (AvgIpc) is 4.08. The van der Waals surface area contributed by atoms with Gasteiger partial charge in [0, 0.05) is 47.8 Å². The van der Waals surface area contributed by atoms with Gasteiger partial charge in [-0.3, -0.25) is 14.8 Å². The van der Waals surface area contributed by atoms with Crippen molar-refractivity contribution in [2.45, 2.75) is 108 Å². The van der Waals surface area contributed by atoms with Crippen molar-refractivity contribution in [3.8, 4) is 28.7 Å². The molecule has 5 atom stereocenters. The number of nitrogens with zero attached hydrogens (tertiary/aromatic N) is 5. The molecule has 4 fully saturated rings. The highest BCUT2D eigenvalue weighted by Crippen LogP contribution is 2.78. The lowest BCUT2D eigenvalue weighted by molar-refractivity contribution is -0.278. The molecule has 2 aliphatic heterocycles. The van der Waals surface area contributed by atoms with Crippen molar-refractivity contribution in [1.82, 2.24) is 35.4 Å². The Labute approximate surface area is 412 Å². The van der Waals surface area contributed by atoms with Crippen LogP contribution in [0.2, 0.25) is 0 Å². The summed E-state index contributed by atoms with van der Waals surface area (Å²) in [5.74, 6) is 1.54. The van der Waals surface area contributed by atoms with Gasteiger partial charge in [-0.15, -0.1) is 5.10 Å². The van der Waals surface area contributed by atoms with Gasteiger partial charge in [-0.1, -0.05) is 24.1 Å². The van der Waals surface area contributed by atoms with E-state index < -0.39 is 18.0 Å². The van der Waals surface area contributed by atoms with Crippen LogP contribution in [0.5, 0.6) is 28.7 Å². The van der Waals surface area contributed by atoms with Crippen LogP contribution in [0.1, 0.15) is 99.4 Å². The molecule has 2 aromatic heterocycles. The van der Waals surface area contributed by atoms with Crippen molar-refractivity contribution >= 4 is 17.7 Å². The summed E-state index contributed by atoms with van der Waals surface area (Å²) >= 11 is 0. The number of nitrogens with one attached hydrogen (secondary N) is 2. The second-order valence-electron chi connectivity index (χ2n) is 19.5. The fraction of sp³-hybridized carbons (Fsp3) is 0.509. The van der Waals surface area contributed by atoms with E-state index in [1.54, 1.807) is 35.0 Å². The highest BCUT2D eigenvalue weighted by Gasteiger charge is 2.85. The van der Waals surface area contributed by atoms with Gasteiger partial charge < -0.3 is 43.6 Å². The minimum Gasteiger partial charge on any atom is -0.493 e. The second-order valence-corrected chi connectivity index (χ2v) is 19.5. The molecular weight excluding hydrogens is 911 g/mol. The van der Waals surface area contributed by atoms with Crippen molar-refractivity contribution in [3.63, 3.8) is 0 Å². The van der Waals surface area contributed by atoms with E-state index in [0.717, 1.165) is 81.4 Å². The predicted octanol–water partition coefficient (Wildman–Crippen LogP) is 5.99. The van der Waals surface area contributed by atoms with E-state index in [-0.39, 0.29) is 28.9 Å². The molecule has 376 valence electrons. The maximum Gasteiger partial charge on any atom is 0.343 e. The summed E-state index contributed by atoms with van der Waals surface area (Å²) < 4.78 is 43.2. The number of hydrogen-bond acceptors (Lipinski definition) is 15. The summed E-state index contributed by atoms with van der Waals surface area (Å²) in [7, 11) is 2.15. The van der Waals surface area contributed by atoms with Gasteiger partial charge in [-0.2, -0.15) is 5.10 Å². The number of unbranched alkanes of at least 4 members (excludes halogenated alkanes) is 3. The minimum absolute atomic E-state index is 0.0278. The SMILES string of the molecule is Cc1n[nH]c(C)c1CCCOc1cc(OCCCCCCNCCOCCOCCn2cc(COc3ccc(C(=O)Oc4ccc5c6c4O[C@H]4C(=O)CC78C[C@]64[C@@H]7[C@@H](C5)N8C)cc3)nn2)cc(C(=O)O)c1. The number of esters is 1. The molecule has 3 N–H and O–H groups in total. The van der Waals surface area contributed by atoms with Gasteiger partial charge in [0.2, 0.25) is 0 Å². The maximum atomic E-state index is 13.3. The number of aryl methyl sites for hydroxylation is 2. The van der Waals surface area contributed by atoms with Crippen molar-refractivity contribution in [2.75, 3.05) is 59.8 Å². The van der Waals surface area contributed by atoms with E-state index >= 15 is 0 Å². The number of ketones is 1. The molecular formula is C53H63N7O11. The normalized spacial score (nSPS) is 22.0. The number of carboxylic acids is 1. The van der Waals surface area contributed by atoms with Gasteiger partial charge >= 0.3 is 11.9 Å². The van der Waals surface area contributed by atoms with Crippen molar-refractivity contribution < 1.29 is 52.6 Å². The third-order valence-corrected chi connectivity index (χ3v) is 15.2. The van der Waals surface area contributed by atoms with Crippen LogP contribution in [0.3, 0.4) is 0 Å². The van der Waals surface area contributed by atoms with E-state index in [1.807, 2.05) is 32.2 Å². The van der Waals surface area contributed by atoms with E-state index in [2.05, 4.69) is 37.8 Å². The smallest absolute Gasteiger partial charge is 0.343 e. The first-order valence-corrected chi connectivity index (χ1v) is 25.0. The van der Waals surface area contributed by atoms with Crippen LogP contribution in [0, 0.1) is 19.8 Å². The zero-order valence-electron chi connectivity index (χ0n) is 40.7. The van der Waals surface area contributed by atoms with E-state index in [1.165, 1.54) is 23.3 Å². The van der Waals surface area contributed by atoms with Crippen molar-refractivity contribution in [1.29, 1.82) is 0 Å². The third kappa shape index (κ3) is 9.61. The molecule has 6 aliphatic rings. The predicted molar refractivity (Wildman–Crippen MR) is 258 cm³/mol. The number of benzene rings is 3. The molecule has 1 unspecified atom stereocenters. The number of rotatable bonds is 28. The molecule has 4 heterocycles. The fourth-order valence-corrected chi connectivity index (χ4v) is 11.9. The fourth-order valence-electron chi connectivity index (χ4n) is 11.9. The summed E-state index contributed by atoms with van der Waals surface area (Å²) in [6.45, 7) is 9.37. The molecule has 5 aromatic rings. The lowest BCUT2D eigenvalue weighted by Crippen LogP contribution is -2.91. The molecule has 0 amide bonds. The Bertz CT molecular complexity index is 2720. The van der Waals surface area contributed by atoms with Crippen molar-refractivity contribution in [2.24, 2.45) is 5.92 Å². The number of fused-ring (bicyclic) bond motifs is 1. The number of carbonyl (C=O) groups excluding carboxylic acids is 2. The molecule has 3 aromatic carbocycles. The zero-order chi connectivity index (χ0) is 49.1. The Balaban J connectivity index is 0.544. The molecule has 2 bridgehead atoms. The monoisotopic (exact) mass is 973 g/mol. The number of carbonyl (C=O) groups is 3. The summed E-state index contributed by atoms with van der Waals surface area (Å²) in [6.07, 6.45) is 9.28. The van der Waals surface area contributed by atoms with Gasteiger partial charge in [0.25, 0.3) is 0 Å². The number of carboxylic acid groups (broad SMARTS) is 1. The highest BCUT2D eigenvalue weighted by atomic mass is 16.6. The number of aromatic carboxylic acids is 1. The third-order valence-electron chi connectivity index (χ3n) is 15.2. The number of Topliss-reactive ketones (excluding diaryl/α,β-unsaturated/α-hetero) is 1. The topological polar surface area (TPSA) is 211 Å². The Kier molecular flexibility index (Phi) is 14.1. The first-order chi connectivity index (χ1) is 34.5. The number of likely N-dealkylation sites (N-methyl/N-ethyl adjacent to an activating group) is 1. The van der Waals surface area contributed by atoms with Crippen LogP contribution in [0.4, 0.5) is 0 Å². The molecule has 71 heavy (non-hydrogen) atoms. The lowest BCUT2D eigenvalue weighted by atomic mass is 9.31. The summed E-state index contributed by atoms with van der Waals surface area (Å²) in [6, 6.07) is 15.9. The quantitative estimate of drug-likeness (QED) is 0.0299. The lowest BCUT2D eigenvalue weighted by Gasteiger charge is -2.81. The Morgan fingerprint density at radius 2 is 1.65 bits per heavy atom. The first kappa shape index (κ1) is 48.3. The molecule has 3 saturated carbocycles. The van der Waals surface area contributed by atoms with Crippen LogP contribution in [0.25, 0.3) is 0 Å². The minimum atomic E-state index is -1.02. The molecule has 18 nitrogen and oxygen atoms in total. The number of likely N-dealkylation sites (tertiary alicyclic amines) is 1. The number of hydrogen-bond donors (Lipinski definition) is 3. The number of ether oxygens (including phenoxy) is 7. The summed E-state index contributed by atoms with van der Waals surface area (Å²) in [4.78, 5) is 40.7. The number of H-pyrrole nitrogens is 1. The average molecular weight is 974 g/mol. The molecule has 2 spiro atoms. The number of aromatic amines is 1. The standard InChI is InChI=1S/C53H63N7O11/c1-33-42(34(2)56-55-33)9-8-20-68-41-26-37(50(62)63)25-40(28-41)67-19-7-5-4-6-16-54-17-21-65-23-24-66-22-18-60-30-38(57-58-60)31-69-39-13-10-35(11-14-39)51(64)70-45-15-12-36-27-43-48-52(59(43)3)29-44(61)49-53(48,32-52)46(36)47(45)71-49/h10-15,25-26,28,30,43,48-49,54H,4-9,16-24,27,29,31-32H2,1-3H3,(H,55,56)(H,62,63)/t43-,48-,49+,52?,53-/m1/s1. The molecule has 1 saturated heterocycles. The van der Waals surface area contributed by atoms with Crippen LogP contribution < -0.4 is 29.0 Å². The second kappa shape index (κ2) is 20.8. The molecule has 18 heteroatoms. The van der Waals surface area contributed by atoms with E-state index in [9.17, 15) is 19.5 Å². The zero-order valence-corrected chi connectivity index (χ0v) is 40.7. The number of piperidine rings is 1. The Morgan fingerprint density at radius 3 is 2.42 bits per heavy atom. The summed E-state index contributed by atoms with van der Waals surface area (Å²) in [5, 5.41) is 28.6. The first-order valence-electron chi connectivity index (χ1n) is 25.0. The van der Waals surface area contributed by atoms with Crippen LogP contribution >= 0.6 is 0 Å². The molecule has 11 rings (SSSR count). The van der Waals surface area contributed by atoms with E-state index in [4.69, 9.17) is 33.2 Å². The molecule has 0 radical (unpaired) electrons. The van der Waals surface area contributed by atoms with E-state index in [0.29, 0.717) is 105 Å². The van der Waals surface area contributed by atoms with Crippen molar-refractivity contribution in [3.05, 3.63) is 106 Å². The Hall–Kier alpha value is -6.34. The molecule has 4 aliphatic carbocycles. The summed E-state index contributed by atoms with van der Waals surface area (Å²) in [5.41, 5.74) is 6.39. The number of aromatic nitrogens is 5. The van der Waals surface area contributed by atoms with Gasteiger partial charge in [-0.05, 0) is 120 Å². The highest BCUT2D eigenvalue weighted by molar-refractivity contribution is 5.95. The van der Waals surface area contributed by atoms with Crippen LogP contribution in [-0.4, -0.2) is 130 Å². The van der Waals surface area contributed by atoms with Gasteiger partial charge in [0.1, 0.15) is 29.5 Å². The van der Waals surface area contributed by atoms with Crippen LogP contribution in [-0.2, 0) is 45.7 Å². The maximum absolute atomic E-state index is 13.3. The van der Waals surface area contributed by atoms with Crippen LogP contribution in [0.15, 0.2) is 60.8 Å². The van der Waals surface area contributed by atoms with Gasteiger partial charge in [-0.25, -0.2) is 14.3 Å². The van der Waals surface area contributed by atoms with Gasteiger partial charge in [0.15, 0.2) is 23.4 Å². The van der Waals surface area contributed by atoms with Gasteiger partial charge in [0.05, 0.1) is 74.6 Å².